The minimum Gasteiger partial charge on any atom is -0.462 e. The number of esters is 2. The van der Waals surface area contributed by atoms with Crippen molar-refractivity contribution in [1.82, 2.24) is 14.9 Å². The summed E-state index contributed by atoms with van der Waals surface area (Å²) in [5.41, 5.74) is 4.87. The second-order valence-corrected chi connectivity index (χ2v) is 9.48. The molecule has 7 heteroatoms. The summed E-state index contributed by atoms with van der Waals surface area (Å²) in [5, 5.41) is 0. The van der Waals surface area contributed by atoms with Crippen molar-refractivity contribution >= 4 is 11.9 Å². The third-order valence-electron chi connectivity index (χ3n) is 6.65. The summed E-state index contributed by atoms with van der Waals surface area (Å²) < 4.78 is 11.4. The number of allylic oxidation sites excluding steroid dienone is 2. The average molecular weight is 492 g/mol. The molecule has 7 nitrogen and oxygen atoms in total. The predicted molar refractivity (Wildman–Crippen MR) is 139 cm³/mol. The second-order valence-electron chi connectivity index (χ2n) is 9.48. The Morgan fingerprint density at radius 2 is 1.31 bits per heavy atom. The SMILES string of the molecule is CC1=C(C(=O)OCCCc2cccnc2)C(C(C)C)C(C(=O)OCCCc2cccnc2)=C(C)N1C. The largest absolute Gasteiger partial charge is 0.462 e. The summed E-state index contributed by atoms with van der Waals surface area (Å²) in [6.07, 6.45) is 10.1. The van der Waals surface area contributed by atoms with Gasteiger partial charge in [-0.2, -0.15) is 0 Å². The molecule has 1 aliphatic rings. The van der Waals surface area contributed by atoms with Crippen molar-refractivity contribution < 1.29 is 19.1 Å². The van der Waals surface area contributed by atoms with Crippen LogP contribution in [0.1, 0.15) is 51.7 Å². The molecule has 0 aliphatic carbocycles. The molecule has 1 aliphatic heterocycles. The van der Waals surface area contributed by atoms with Crippen LogP contribution in [0, 0.1) is 11.8 Å². The van der Waals surface area contributed by atoms with Crippen LogP contribution in [0.25, 0.3) is 0 Å². The quantitative estimate of drug-likeness (QED) is 0.327. The van der Waals surface area contributed by atoms with Crippen molar-refractivity contribution in [3.05, 3.63) is 82.7 Å². The number of hydrogen-bond acceptors (Lipinski definition) is 7. The van der Waals surface area contributed by atoms with Crippen LogP contribution in [0.4, 0.5) is 0 Å². The van der Waals surface area contributed by atoms with Gasteiger partial charge < -0.3 is 14.4 Å². The Morgan fingerprint density at radius 1 is 0.861 bits per heavy atom. The number of ether oxygens (including phenoxy) is 2. The van der Waals surface area contributed by atoms with E-state index in [2.05, 4.69) is 9.97 Å². The third-order valence-corrected chi connectivity index (χ3v) is 6.65. The van der Waals surface area contributed by atoms with Gasteiger partial charge in [0.1, 0.15) is 0 Å². The van der Waals surface area contributed by atoms with Crippen molar-refractivity contribution in [1.29, 1.82) is 0 Å². The molecule has 3 heterocycles. The molecule has 0 saturated heterocycles. The number of aromatic nitrogens is 2. The Kier molecular flexibility index (Phi) is 9.79. The van der Waals surface area contributed by atoms with Crippen LogP contribution in [-0.4, -0.2) is 47.1 Å². The maximum absolute atomic E-state index is 13.3. The van der Waals surface area contributed by atoms with E-state index in [-0.39, 0.29) is 17.9 Å². The molecule has 0 bridgehead atoms. The molecular weight excluding hydrogens is 454 g/mol. The molecule has 0 saturated carbocycles. The van der Waals surface area contributed by atoms with E-state index >= 15 is 0 Å². The van der Waals surface area contributed by atoms with Gasteiger partial charge in [-0.05, 0) is 68.7 Å². The molecule has 3 rings (SSSR count). The first kappa shape index (κ1) is 27.1. The van der Waals surface area contributed by atoms with Gasteiger partial charge in [0.15, 0.2) is 0 Å². The van der Waals surface area contributed by atoms with Gasteiger partial charge in [0, 0.05) is 49.1 Å². The van der Waals surface area contributed by atoms with Crippen molar-refractivity contribution in [3.63, 3.8) is 0 Å². The first-order valence-corrected chi connectivity index (χ1v) is 12.6. The van der Waals surface area contributed by atoms with Crippen molar-refractivity contribution in [2.75, 3.05) is 20.3 Å². The van der Waals surface area contributed by atoms with E-state index in [1.165, 1.54) is 0 Å². The van der Waals surface area contributed by atoms with Crippen molar-refractivity contribution in [2.45, 2.75) is 53.4 Å². The minimum atomic E-state index is -0.391. The molecule has 0 fully saturated rings. The average Bonchev–Trinajstić information content (AvgIpc) is 2.88. The molecule has 2 aromatic heterocycles. The summed E-state index contributed by atoms with van der Waals surface area (Å²) in [6, 6.07) is 7.81. The standard InChI is InChI=1S/C29H37N3O4/c1-20(2)25-26(28(33)35-16-8-12-23-10-6-14-30-18-23)21(3)32(5)22(4)27(25)29(34)36-17-9-13-24-11-7-15-31-19-24/h6-7,10-11,14-15,18-20,25H,8-9,12-13,16-17H2,1-5H3. The Bertz CT molecular complexity index is 1010. The van der Waals surface area contributed by atoms with Gasteiger partial charge in [0.05, 0.1) is 24.4 Å². The smallest absolute Gasteiger partial charge is 0.336 e. The topological polar surface area (TPSA) is 81.6 Å². The number of pyridine rings is 2. The summed E-state index contributed by atoms with van der Waals surface area (Å²) in [6.45, 7) is 8.44. The fourth-order valence-electron chi connectivity index (χ4n) is 4.55. The molecule has 0 atom stereocenters. The summed E-state index contributed by atoms with van der Waals surface area (Å²) in [7, 11) is 1.87. The van der Waals surface area contributed by atoms with Crippen LogP contribution < -0.4 is 0 Å². The Labute approximate surface area is 214 Å². The van der Waals surface area contributed by atoms with Gasteiger partial charge in [-0.1, -0.05) is 26.0 Å². The number of nitrogens with zero attached hydrogens (tertiary/aromatic N) is 3. The molecule has 0 spiro atoms. The van der Waals surface area contributed by atoms with E-state index in [0.717, 1.165) is 35.4 Å². The molecule has 0 unspecified atom stereocenters. The summed E-state index contributed by atoms with van der Waals surface area (Å²) >= 11 is 0. The maximum Gasteiger partial charge on any atom is 0.336 e. The van der Waals surface area contributed by atoms with Crippen LogP contribution in [-0.2, 0) is 31.9 Å². The van der Waals surface area contributed by atoms with Crippen LogP contribution in [0.2, 0.25) is 0 Å². The van der Waals surface area contributed by atoms with Gasteiger partial charge in [0.2, 0.25) is 0 Å². The Hall–Kier alpha value is -3.48. The zero-order chi connectivity index (χ0) is 26.1. The zero-order valence-corrected chi connectivity index (χ0v) is 22.0. The maximum atomic E-state index is 13.3. The molecule has 0 aromatic carbocycles. The van der Waals surface area contributed by atoms with E-state index < -0.39 is 5.92 Å². The highest BCUT2D eigenvalue weighted by Crippen LogP contribution is 2.39. The summed E-state index contributed by atoms with van der Waals surface area (Å²) in [4.78, 5) is 36.7. The zero-order valence-electron chi connectivity index (χ0n) is 22.0. The van der Waals surface area contributed by atoms with Crippen LogP contribution in [0.3, 0.4) is 0 Å². The van der Waals surface area contributed by atoms with E-state index in [1.807, 2.05) is 76.3 Å². The van der Waals surface area contributed by atoms with Crippen molar-refractivity contribution in [2.24, 2.45) is 11.8 Å². The first-order chi connectivity index (χ1) is 17.3. The van der Waals surface area contributed by atoms with Gasteiger partial charge in [-0.3, -0.25) is 9.97 Å². The monoisotopic (exact) mass is 491 g/mol. The fraction of sp³-hybridized carbons (Fsp3) is 0.448. The molecule has 192 valence electrons. The number of hydrogen-bond donors (Lipinski definition) is 0. The fourth-order valence-corrected chi connectivity index (χ4v) is 4.55. The van der Waals surface area contributed by atoms with E-state index in [1.54, 1.807) is 12.4 Å². The van der Waals surface area contributed by atoms with Gasteiger partial charge in [0.25, 0.3) is 0 Å². The second kappa shape index (κ2) is 13.0. The number of carbonyl (C=O) groups is 2. The van der Waals surface area contributed by atoms with Crippen LogP contribution in [0.5, 0.6) is 0 Å². The molecule has 0 amide bonds. The lowest BCUT2D eigenvalue weighted by molar-refractivity contribution is -0.141. The summed E-state index contributed by atoms with van der Waals surface area (Å²) in [5.74, 6) is -1.13. The molecule has 2 aromatic rings. The highest BCUT2D eigenvalue weighted by Gasteiger charge is 2.40. The van der Waals surface area contributed by atoms with E-state index in [9.17, 15) is 9.59 Å². The number of aryl methyl sites for hydroxylation is 2. The molecule has 0 radical (unpaired) electrons. The highest BCUT2D eigenvalue weighted by molar-refractivity contribution is 5.97. The number of carbonyl (C=O) groups excluding carboxylic acids is 2. The van der Waals surface area contributed by atoms with E-state index in [4.69, 9.17) is 9.47 Å². The van der Waals surface area contributed by atoms with Gasteiger partial charge in [-0.25, -0.2) is 9.59 Å². The Balaban J connectivity index is 1.65. The number of rotatable bonds is 11. The lowest BCUT2D eigenvalue weighted by Gasteiger charge is -2.37. The third kappa shape index (κ3) is 6.80. The van der Waals surface area contributed by atoms with Gasteiger partial charge >= 0.3 is 11.9 Å². The van der Waals surface area contributed by atoms with Crippen LogP contribution >= 0.6 is 0 Å². The normalized spacial score (nSPS) is 14.4. The lowest BCUT2D eigenvalue weighted by atomic mass is 9.77. The van der Waals surface area contributed by atoms with Gasteiger partial charge in [-0.15, -0.1) is 0 Å². The first-order valence-electron chi connectivity index (χ1n) is 12.6. The Morgan fingerprint density at radius 3 is 1.67 bits per heavy atom. The predicted octanol–water partition coefficient (Wildman–Crippen LogP) is 4.89. The van der Waals surface area contributed by atoms with Crippen molar-refractivity contribution in [3.8, 4) is 0 Å². The molecule has 36 heavy (non-hydrogen) atoms. The molecule has 0 N–H and O–H groups in total. The highest BCUT2D eigenvalue weighted by atomic mass is 16.5. The molecular formula is C29H37N3O4. The van der Waals surface area contributed by atoms with Crippen LogP contribution in [0.15, 0.2) is 71.6 Å². The lowest BCUT2D eigenvalue weighted by Crippen LogP contribution is -2.37. The van der Waals surface area contributed by atoms with E-state index in [0.29, 0.717) is 37.2 Å². The minimum absolute atomic E-state index is 0.0134.